The van der Waals surface area contributed by atoms with E-state index in [4.69, 9.17) is 5.73 Å². The van der Waals surface area contributed by atoms with Crippen molar-refractivity contribution in [1.82, 2.24) is 4.98 Å². The number of ether oxygens (including phenoxy) is 1. The molecule has 1 aromatic heterocycles. The Morgan fingerprint density at radius 1 is 1.61 bits per heavy atom. The summed E-state index contributed by atoms with van der Waals surface area (Å²) in [4.78, 5) is 16.9. The molecule has 0 spiro atoms. The first-order chi connectivity index (χ1) is 8.52. The monoisotopic (exact) mass is 259 g/mol. The molecule has 0 atom stereocenters. The third kappa shape index (κ3) is 4.25. The summed E-state index contributed by atoms with van der Waals surface area (Å²) in [7, 11) is 1.56. The van der Waals surface area contributed by atoms with Gasteiger partial charge >= 0.3 is 0 Å². The lowest BCUT2D eigenvalue weighted by molar-refractivity contribution is -0.119. The van der Waals surface area contributed by atoms with Crippen molar-refractivity contribution >= 4 is 17.3 Å². The van der Waals surface area contributed by atoms with E-state index in [1.807, 2.05) is 0 Å². The molecule has 0 unspecified atom stereocenters. The maximum atomic E-state index is 11.8. The highest BCUT2D eigenvalue weighted by Crippen LogP contribution is 2.20. The summed E-state index contributed by atoms with van der Waals surface area (Å²) in [5.41, 5.74) is 6.58. The van der Waals surface area contributed by atoms with Gasteiger partial charge in [-0.15, -0.1) is 0 Å². The number of carbonyl (C=O) groups is 1. The molecule has 0 saturated heterocycles. The number of amides is 1. The van der Waals surface area contributed by atoms with E-state index in [1.54, 1.807) is 13.1 Å². The van der Waals surface area contributed by atoms with E-state index in [9.17, 15) is 13.6 Å². The normalized spacial score (nSPS) is 10.7. The SMILES string of the molecule is CN(C(=O)CCOCC(F)F)c1ccncc1N. The third-order valence-electron chi connectivity index (χ3n) is 2.27. The number of pyridine rings is 1. The number of alkyl halides is 2. The molecule has 0 aliphatic carbocycles. The van der Waals surface area contributed by atoms with Gasteiger partial charge in [-0.05, 0) is 6.07 Å². The Morgan fingerprint density at radius 3 is 2.94 bits per heavy atom. The minimum absolute atomic E-state index is 0.0188. The number of nitrogen functional groups attached to an aromatic ring is 1. The van der Waals surface area contributed by atoms with Crippen LogP contribution in [0.2, 0.25) is 0 Å². The fourth-order valence-electron chi connectivity index (χ4n) is 1.34. The minimum Gasteiger partial charge on any atom is -0.396 e. The molecule has 5 nitrogen and oxygen atoms in total. The first-order valence-electron chi connectivity index (χ1n) is 5.34. The molecule has 0 aromatic carbocycles. The maximum absolute atomic E-state index is 11.8. The minimum atomic E-state index is -2.52. The van der Waals surface area contributed by atoms with Crippen molar-refractivity contribution in [2.24, 2.45) is 0 Å². The Balaban J connectivity index is 2.45. The number of hydrogen-bond donors (Lipinski definition) is 1. The van der Waals surface area contributed by atoms with Crippen molar-refractivity contribution in [3.63, 3.8) is 0 Å². The summed E-state index contributed by atoms with van der Waals surface area (Å²) in [5.74, 6) is -0.262. The molecule has 0 saturated carbocycles. The number of nitrogens with zero attached hydrogens (tertiary/aromatic N) is 2. The lowest BCUT2D eigenvalue weighted by atomic mass is 10.3. The van der Waals surface area contributed by atoms with E-state index in [2.05, 4.69) is 9.72 Å². The average Bonchev–Trinajstić information content (AvgIpc) is 2.34. The zero-order valence-electron chi connectivity index (χ0n) is 9.97. The zero-order chi connectivity index (χ0) is 13.5. The molecule has 18 heavy (non-hydrogen) atoms. The van der Waals surface area contributed by atoms with Gasteiger partial charge in [0.1, 0.15) is 6.61 Å². The Labute approximate surface area is 104 Å². The van der Waals surface area contributed by atoms with Crippen LogP contribution in [0.15, 0.2) is 18.5 Å². The van der Waals surface area contributed by atoms with E-state index in [0.717, 1.165) is 0 Å². The molecule has 1 heterocycles. The highest BCUT2D eigenvalue weighted by atomic mass is 19.3. The Morgan fingerprint density at radius 2 is 2.33 bits per heavy atom. The van der Waals surface area contributed by atoms with Crippen molar-refractivity contribution < 1.29 is 18.3 Å². The molecule has 0 aliphatic heterocycles. The van der Waals surface area contributed by atoms with Gasteiger partial charge < -0.3 is 15.4 Å². The summed E-state index contributed by atoms with van der Waals surface area (Å²) in [5, 5.41) is 0. The van der Waals surface area contributed by atoms with Crippen molar-refractivity contribution in [1.29, 1.82) is 0 Å². The summed E-state index contributed by atoms with van der Waals surface area (Å²) >= 11 is 0. The maximum Gasteiger partial charge on any atom is 0.261 e. The molecule has 1 aromatic rings. The van der Waals surface area contributed by atoms with Crippen molar-refractivity contribution in [2.75, 3.05) is 30.9 Å². The molecule has 2 N–H and O–H groups in total. The lowest BCUT2D eigenvalue weighted by Gasteiger charge is -2.18. The van der Waals surface area contributed by atoms with Gasteiger partial charge in [0.2, 0.25) is 5.91 Å². The molecule has 0 fully saturated rings. The second-order valence-corrected chi connectivity index (χ2v) is 3.60. The highest BCUT2D eigenvalue weighted by Gasteiger charge is 2.13. The van der Waals surface area contributed by atoms with Crippen LogP contribution in [0.3, 0.4) is 0 Å². The van der Waals surface area contributed by atoms with E-state index in [-0.39, 0.29) is 18.9 Å². The number of nitrogens with two attached hydrogens (primary N) is 1. The zero-order valence-corrected chi connectivity index (χ0v) is 9.97. The number of anilines is 2. The average molecular weight is 259 g/mol. The third-order valence-corrected chi connectivity index (χ3v) is 2.27. The van der Waals surface area contributed by atoms with Gasteiger partial charge in [0, 0.05) is 13.2 Å². The van der Waals surface area contributed by atoms with Crippen molar-refractivity contribution in [3.05, 3.63) is 18.5 Å². The van der Waals surface area contributed by atoms with Crippen LogP contribution in [0.25, 0.3) is 0 Å². The second-order valence-electron chi connectivity index (χ2n) is 3.60. The quantitative estimate of drug-likeness (QED) is 0.782. The van der Waals surface area contributed by atoms with Gasteiger partial charge in [-0.25, -0.2) is 8.78 Å². The highest BCUT2D eigenvalue weighted by molar-refractivity contribution is 5.95. The van der Waals surface area contributed by atoms with Crippen LogP contribution in [-0.2, 0) is 9.53 Å². The molecule has 1 amide bonds. The van der Waals surface area contributed by atoms with Crippen LogP contribution < -0.4 is 10.6 Å². The first-order valence-corrected chi connectivity index (χ1v) is 5.34. The molecule has 0 aliphatic rings. The molecule has 0 bridgehead atoms. The summed E-state index contributed by atoms with van der Waals surface area (Å²) < 4.78 is 28.2. The number of halogens is 2. The van der Waals surface area contributed by atoms with Gasteiger partial charge in [-0.2, -0.15) is 0 Å². The summed E-state index contributed by atoms with van der Waals surface area (Å²) in [6.45, 7) is -0.701. The fraction of sp³-hybridized carbons (Fsp3) is 0.455. The smallest absolute Gasteiger partial charge is 0.261 e. The molecule has 0 radical (unpaired) electrons. The Hall–Kier alpha value is -1.76. The van der Waals surface area contributed by atoms with Crippen LogP contribution in [-0.4, -0.2) is 37.6 Å². The van der Waals surface area contributed by atoms with Gasteiger partial charge in [0.15, 0.2) is 0 Å². The summed E-state index contributed by atoms with van der Waals surface area (Å²) in [6.07, 6.45) is 0.453. The van der Waals surface area contributed by atoms with Gasteiger partial charge in [0.05, 0.1) is 30.6 Å². The van der Waals surface area contributed by atoms with Crippen LogP contribution in [0.1, 0.15) is 6.42 Å². The Bertz CT molecular complexity index is 402. The second kappa shape index (κ2) is 6.85. The standard InChI is InChI=1S/C11H15F2N3O2/c1-16(9-2-4-15-6-8(9)14)11(17)3-5-18-7-10(12)13/h2,4,6,10H,3,5,7,14H2,1H3. The van der Waals surface area contributed by atoms with Crippen molar-refractivity contribution in [3.8, 4) is 0 Å². The molecule has 1 rings (SSSR count). The van der Waals surface area contributed by atoms with E-state index < -0.39 is 13.0 Å². The molecular weight excluding hydrogens is 244 g/mol. The number of hydrogen-bond acceptors (Lipinski definition) is 4. The number of rotatable bonds is 6. The van der Waals surface area contributed by atoms with Crippen LogP contribution >= 0.6 is 0 Å². The van der Waals surface area contributed by atoms with Crippen LogP contribution in [0.4, 0.5) is 20.2 Å². The lowest BCUT2D eigenvalue weighted by Crippen LogP contribution is -2.28. The predicted molar refractivity (Wildman–Crippen MR) is 63.5 cm³/mol. The molecule has 7 heteroatoms. The fourth-order valence-corrected chi connectivity index (χ4v) is 1.34. The van der Waals surface area contributed by atoms with E-state index >= 15 is 0 Å². The Kier molecular flexibility index (Phi) is 5.44. The molecule has 100 valence electrons. The number of carbonyl (C=O) groups excluding carboxylic acids is 1. The van der Waals surface area contributed by atoms with Gasteiger partial charge in [-0.3, -0.25) is 9.78 Å². The van der Waals surface area contributed by atoms with E-state index in [1.165, 1.54) is 17.3 Å². The van der Waals surface area contributed by atoms with Crippen LogP contribution in [0, 0.1) is 0 Å². The first kappa shape index (κ1) is 14.3. The van der Waals surface area contributed by atoms with Crippen LogP contribution in [0.5, 0.6) is 0 Å². The topological polar surface area (TPSA) is 68.5 Å². The van der Waals surface area contributed by atoms with Gasteiger partial charge in [0.25, 0.3) is 6.43 Å². The largest absolute Gasteiger partial charge is 0.396 e. The number of aromatic nitrogens is 1. The van der Waals surface area contributed by atoms with Gasteiger partial charge in [-0.1, -0.05) is 0 Å². The summed E-state index contributed by atoms with van der Waals surface area (Å²) in [6, 6.07) is 1.60. The van der Waals surface area contributed by atoms with Crippen molar-refractivity contribution in [2.45, 2.75) is 12.8 Å². The predicted octanol–water partition coefficient (Wildman–Crippen LogP) is 1.30. The van der Waals surface area contributed by atoms with E-state index in [0.29, 0.717) is 11.4 Å². The molecular formula is C11H15F2N3O2.